The van der Waals surface area contributed by atoms with Crippen molar-refractivity contribution in [1.82, 2.24) is 9.97 Å². The smallest absolute Gasteiger partial charge is 0.0925 e. The molecule has 74 valence electrons. The summed E-state index contributed by atoms with van der Waals surface area (Å²) in [7, 11) is 0. The lowest BCUT2D eigenvalue weighted by atomic mass is 10.1. The lowest BCUT2D eigenvalue weighted by Gasteiger charge is -2.00. The fraction of sp³-hybridized carbons (Fsp3) is 0.727. The van der Waals surface area contributed by atoms with Crippen LogP contribution >= 0.6 is 0 Å². The summed E-state index contributed by atoms with van der Waals surface area (Å²) >= 11 is 0. The summed E-state index contributed by atoms with van der Waals surface area (Å²) in [6, 6.07) is 0. The first-order valence-electron chi connectivity index (χ1n) is 5.39. The predicted molar refractivity (Wildman–Crippen MR) is 55.8 cm³/mol. The Morgan fingerprint density at radius 2 is 1.85 bits per heavy atom. The second-order valence-electron chi connectivity index (χ2n) is 3.53. The summed E-state index contributed by atoms with van der Waals surface area (Å²) < 4.78 is 0. The normalized spacial score (nSPS) is 10.6. The topological polar surface area (TPSA) is 28.7 Å². The quantitative estimate of drug-likeness (QED) is 0.716. The Balaban J connectivity index is 2.45. The molecule has 2 heteroatoms. The number of rotatable bonds is 6. The molecule has 1 heterocycles. The average molecular weight is 180 g/mol. The molecular weight excluding hydrogens is 160 g/mol. The number of nitrogens with one attached hydrogen (secondary N) is 1. The van der Waals surface area contributed by atoms with Crippen LogP contribution in [0.3, 0.4) is 0 Å². The molecule has 0 bridgehead atoms. The Morgan fingerprint density at radius 1 is 1.15 bits per heavy atom. The van der Waals surface area contributed by atoms with Gasteiger partial charge in [0.2, 0.25) is 0 Å². The summed E-state index contributed by atoms with van der Waals surface area (Å²) in [5.41, 5.74) is 2.64. The van der Waals surface area contributed by atoms with Crippen molar-refractivity contribution >= 4 is 0 Å². The molecule has 0 aliphatic carbocycles. The monoisotopic (exact) mass is 180 g/mol. The summed E-state index contributed by atoms with van der Waals surface area (Å²) in [5, 5.41) is 0. The highest BCUT2D eigenvalue weighted by molar-refractivity contribution is 5.11. The van der Waals surface area contributed by atoms with E-state index in [9.17, 15) is 0 Å². The van der Waals surface area contributed by atoms with E-state index in [0.717, 1.165) is 12.8 Å². The van der Waals surface area contributed by atoms with Gasteiger partial charge in [0.1, 0.15) is 0 Å². The Morgan fingerprint density at radius 3 is 2.54 bits per heavy atom. The average Bonchev–Trinajstić information content (AvgIpc) is 2.59. The van der Waals surface area contributed by atoms with Crippen molar-refractivity contribution in [3.05, 3.63) is 17.7 Å². The van der Waals surface area contributed by atoms with Gasteiger partial charge in [-0.05, 0) is 25.7 Å². The standard InChI is InChI=1S/C11H20N2/c1-3-5-7-10-11(8-6-4-2)13-9-12-10/h9H,3-8H2,1-2H3,(H,12,13). The molecule has 0 fully saturated rings. The lowest BCUT2D eigenvalue weighted by Crippen LogP contribution is -1.93. The number of H-pyrrole nitrogens is 1. The minimum Gasteiger partial charge on any atom is -0.348 e. The van der Waals surface area contributed by atoms with Gasteiger partial charge in [-0.25, -0.2) is 4.98 Å². The van der Waals surface area contributed by atoms with Crippen LogP contribution in [0, 0.1) is 0 Å². The Bertz CT molecular complexity index is 205. The van der Waals surface area contributed by atoms with Gasteiger partial charge in [0.15, 0.2) is 0 Å². The van der Waals surface area contributed by atoms with Crippen molar-refractivity contribution in [3.63, 3.8) is 0 Å². The summed E-state index contributed by atoms with van der Waals surface area (Å²) in [6.07, 6.45) is 9.15. The molecule has 0 aromatic carbocycles. The van der Waals surface area contributed by atoms with Crippen LogP contribution in [0.1, 0.15) is 50.9 Å². The van der Waals surface area contributed by atoms with E-state index < -0.39 is 0 Å². The fourth-order valence-corrected chi connectivity index (χ4v) is 1.48. The zero-order valence-corrected chi connectivity index (χ0v) is 8.77. The van der Waals surface area contributed by atoms with Crippen LogP contribution in [0.2, 0.25) is 0 Å². The van der Waals surface area contributed by atoms with Crippen LogP contribution in [-0.4, -0.2) is 9.97 Å². The summed E-state index contributed by atoms with van der Waals surface area (Å²) in [5.74, 6) is 0. The molecule has 1 N–H and O–H groups in total. The molecular formula is C11H20N2. The highest BCUT2D eigenvalue weighted by atomic mass is 14.9. The number of hydrogen-bond donors (Lipinski definition) is 1. The van der Waals surface area contributed by atoms with Gasteiger partial charge in [-0.2, -0.15) is 0 Å². The van der Waals surface area contributed by atoms with Gasteiger partial charge >= 0.3 is 0 Å². The lowest BCUT2D eigenvalue weighted by molar-refractivity contribution is 0.741. The highest BCUT2D eigenvalue weighted by Gasteiger charge is 2.03. The zero-order chi connectivity index (χ0) is 9.52. The minimum atomic E-state index is 1.14. The van der Waals surface area contributed by atoms with Crippen LogP contribution in [0.15, 0.2) is 6.33 Å². The number of aromatic amines is 1. The van der Waals surface area contributed by atoms with Crippen molar-refractivity contribution < 1.29 is 0 Å². The molecule has 0 atom stereocenters. The van der Waals surface area contributed by atoms with Crippen molar-refractivity contribution in [3.8, 4) is 0 Å². The van der Waals surface area contributed by atoms with E-state index in [2.05, 4.69) is 23.8 Å². The second-order valence-corrected chi connectivity index (χ2v) is 3.53. The maximum absolute atomic E-state index is 4.35. The first-order chi connectivity index (χ1) is 6.38. The molecule has 1 aromatic rings. The first-order valence-corrected chi connectivity index (χ1v) is 5.39. The molecule has 0 saturated carbocycles. The van der Waals surface area contributed by atoms with Gasteiger partial charge in [-0.15, -0.1) is 0 Å². The van der Waals surface area contributed by atoms with Gasteiger partial charge < -0.3 is 4.98 Å². The molecule has 1 rings (SSSR count). The van der Waals surface area contributed by atoms with E-state index >= 15 is 0 Å². The van der Waals surface area contributed by atoms with Crippen LogP contribution in [0.5, 0.6) is 0 Å². The molecule has 0 radical (unpaired) electrons. The first kappa shape index (κ1) is 10.3. The Kier molecular flexibility index (Phi) is 4.58. The third-order valence-corrected chi connectivity index (χ3v) is 2.35. The summed E-state index contributed by atoms with van der Waals surface area (Å²) in [4.78, 5) is 7.59. The molecule has 13 heavy (non-hydrogen) atoms. The maximum Gasteiger partial charge on any atom is 0.0925 e. The number of imidazole rings is 1. The molecule has 0 amide bonds. The predicted octanol–water partition coefficient (Wildman–Crippen LogP) is 3.09. The third kappa shape index (κ3) is 3.21. The van der Waals surface area contributed by atoms with Crippen molar-refractivity contribution in [2.45, 2.75) is 52.4 Å². The van der Waals surface area contributed by atoms with Gasteiger partial charge in [0, 0.05) is 5.69 Å². The SMILES string of the molecule is CCCCc1nc[nH]c1CCCC. The molecule has 2 nitrogen and oxygen atoms in total. The zero-order valence-electron chi connectivity index (χ0n) is 8.77. The van der Waals surface area contributed by atoms with E-state index in [1.807, 2.05) is 6.33 Å². The molecule has 0 spiro atoms. The highest BCUT2D eigenvalue weighted by Crippen LogP contribution is 2.10. The molecule has 0 saturated heterocycles. The van der Waals surface area contributed by atoms with E-state index in [4.69, 9.17) is 0 Å². The van der Waals surface area contributed by atoms with E-state index in [0.29, 0.717) is 0 Å². The minimum absolute atomic E-state index is 1.14. The van der Waals surface area contributed by atoms with Crippen LogP contribution in [0.25, 0.3) is 0 Å². The van der Waals surface area contributed by atoms with E-state index in [1.165, 1.54) is 37.1 Å². The maximum atomic E-state index is 4.35. The van der Waals surface area contributed by atoms with Crippen molar-refractivity contribution in [2.24, 2.45) is 0 Å². The van der Waals surface area contributed by atoms with Crippen LogP contribution in [0.4, 0.5) is 0 Å². The van der Waals surface area contributed by atoms with Gasteiger partial charge in [0.25, 0.3) is 0 Å². The number of unbranched alkanes of at least 4 members (excludes halogenated alkanes) is 2. The number of aryl methyl sites for hydroxylation is 2. The van der Waals surface area contributed by atoms with Crippen LogP contribution in [-0.2, 0) is 12.8 Å². The van der Waals surface area contributed by atoms with E-state index in [-0.39, 0.29) is 0 Å². The van der Waals surface area contributed by atoms with Gasteiger partial charge in [-0.3, -0.25) is 0 Å². The molecule has 0 aliphatic rings. The van der Waals surface area contributed by atoms with Gasteiger partial charge in [-0.1, -0.05) is 26.7 Å². The largest absolute Gasteiger partial charge is 0.348 e. The Hall–Kier alpha value is -0.790. The number of hydrogen-bond acceptors (Lipinski definition) is 1. The molecule has 0 unspecified atom stereocenters. The fourth-order valence-electron chi connectivity index (χ4n) is 1.48. The van der Waals surface area contributed by atoms with Crippen molar-refractivity contribution in [1.29, 1.82) is 0 Å². The number of nitrogens with zero attached hydrogens (tertiary/aromatic N) is 1. The molecule has 1 aromatic heterocycles. The Labute approximate surface area is 80.8 Å². The third-order valence-electron chi connectivity index (χ3n) is 2.35. The summed E-state index contributed by atoms with van der Waals surface area (Å²) in [6.45, 7) is 4.44. The van der Waals surface area contributed by atoms with E-state index in [1.54, 1.807) is 0 Å². The van der Waals surface area contributed by atoms with Crippen molar-refractivity contribution in [2.75, 3.05) is 0 Å². The van der Waals surface area contributed by atoms with Gasteiger partial charge in [0.05, 0.1) is 12.0 Å². The molecule has 0 aliphatic heterocycles. The van der Waals surface area contributed by atoms with Crippen LogP contribution < -0.4 is 0 Å². The number of aromatic nitrogens is 2. The second kappa shape index (κ2) is 5.79.